The highest BCUT2D eigenvalue weighted by molar-refractivity contribution is 6.03. The van der Waals surface area contributed by atoms with E-state index in [0.717, 1.165) is 11.3 Å². The molecule has 0 spiro atoms. The van der Waals surface area contributed by atoms with Crippen LogP contribution in [0.5, 0.6) is 0 Å². The molecule has 2 aromatic rings. The van der Waals surface area contributed by atoms with Crippen molar-refractivity contribution in [3.05, 3.63) is 59.7 Å². The van der Waals surface area contributed by atoms with Crippen molar-refractivity contribution in [1.82, 2.24) is 5.48 Å². The summed E-state index contributed by atoms with van der Waals surface area (Å²) < 4.78 is 0. The largest absolute Gasteiger partial charge is 0.481 e. The van der Waals surface area contributed by atoms with Crippen molar-refractivity contribution in [1.29, 1.82) is 0 Å². The number of benzene rings is 2. The van der Waals surface area contributed by atoms with Gasteiger partial charge in [0.1, 0.15) is 6.04 Å². The number of hydroxylamine groups is 1. The Balaban J connectivity index is 1.89. The summed E-state index contributed by atoms with van der Waals surface area (Å²) >= 11 is 0. The Morgan fingerprint density at radius 2 is 1.81 bits per heavy atom. The van der Waals surface area contributed by atoms with Gasteiger partial charge in [-0.1, -0.05) is 24.3 Å². The van der Waals surface area contributed by atoms with Crippen molar-refractivity contribution in [2.45, 2.75) is 25.4 Å². The van der Waals surface area contributed by atoms with Crippen LogP contribution in [0, 0.1) is 0 Å². The molecule has 0 fully saturated rings. The van der Waals surface area contributed by atoms with Gasteiger partial charge < -0.3 is 15.3 Å². The zero-order chi connectivity index (χ0) is 19.4. The summed E-state index contributed by atoms with van der Waals surface area (Å²) in [6, 6.07) is 13.3. The zero-order valence-electron chi connectivity index (χ0n) is 14.4. The monoisotopic (exact) mass is 369 g/mol. The van der Waals surface area contributed by atoms with Crippen LogP contribution >= 0.6 is 0 Å². The molecule has 1 unspecified atom stereocenters. The van der Waals surface area contributed by atoms with E-state index >= 15 is 0 Å². The number of para-hydroxylation sites is 2. The van der Waals surface area contributed by atoms with Crippen LogP contribution in [-0.2, 0) is 16.1 Å². The molecule has 0 radical (unpaired) electrons. The number of anilines is 2. The van der Waals surface area contributed by atoms with E-state index < -0.39 is 17.9 Å². The number of carbonyl (C=O) groups excluding carboxylic acids is 2. The molecule has 2 amide bonds. The maximum Gasteiger partial charge on any atom is 0.303 e. The second kappa shape index (κ2) is 7.88. The van der Waals surface area contributed by atoms with E-state index in [-0.39, 0.29) is 18.7 Å². The second-order valence-corrected chi connectivity index (χ2v) is 6.22. The van der Waals surface area contributed by atoms with Crippen molar-refractivity contribution in [2.24, 2.45) is 0 Å². The quantitative estimate of drug-likeness (QED) is 0.457. The van der Waals surface area contributed by atoms with E-state index in [1.807, 2.05) is 23.1 Å². The van der Waals surface area contributed by atoms with Gasteiger partial charge in [0.05, 0.1) is 11.4 Å². The predicted molar refractivity (Wildman–Crippen MR) is 97.6 cm³/mol. The Bertz CT molecular complexity index is 866. The summed E-state index contributed by atoms with van der Waals surface area (Å²) in [5.41, 5.74) is 4.21. The van der Waals surface area contributed by atoms with Gasteiger partial charge in [0.2, 0.25) is 5.91 Å². The van der Waals surface area contributed by atoms with Gasteiger partial charge in [0.25, 0.3) is 5.91 Å². The molecular formula is C19H19N3O5. The van der Waals surface area contributed by atoms with Crippen LogP contribution in [0.2, 0.25) is 0 Å². The average molecular weight is 369 g/mol. The minimum atomic E-state index is -0.957. The van der Waals surface area contributed by atoms with Crippen molar-refractivity contribution >= 4 is 29.2 Å². The Morgan fingerprint density at radius 1 is 1.11 bits per heavy atom. The summed E-state index contributed by atoms with van der Waals surface area (Å²) in [4.78, 5) is 36.8. The van der Waals surface area contributed by atoms with Crippen molar-refractivity contribution in [3.8, 4) is 0 Å². The van der Waals surface area contributed by atoms with Crippen LogP contribution in [0.15, 0.2) is 48.5 Å². The molecule has 4 N–H and O–H groups in total. The van der Waals surface area contributed by atoms with Gasteiger partial charge in [-0.25, -0.2) is 5.48 Å². The van der Waals surface area contributed by atoms with Gasteiger partial charge in [-0.2, -0.15) is 0 Å². The fraction of sp³-hybridized carbons (Fsp3) is 0.211. The highest BCUT2D eigenvalue weighted by atomic mass is 16.5. The van der Waals surface area contributed by atoms with Gasteiger partial charge in [-0.3, -0.25) is 19.6 Å². The molecule has 0 aromatic heterocycles. The number of amides is 2. The Morgan fingerprint density at radius 3 is 2.48 bits per heavy atom. The molecular weight excluding hydrogens is 350 g/mol. The summed E-state index contributed by atoms with van der Waals surface area (Å²) in [6.07, 6.45) is 0.0624. The fourth-order valence-corrected chi connectivity index (χ4v) is 3.12. The number of rotatable bonds is 6. The number of nitrogens with one attached hydrogen (secondary N) is 2. The minimum Gasteiger partial charge on any atom is -0.481 e. The third-order valence-corrected chi connectivity index (χ3v) is 4.45. The average Bonchev–Trinajstić information content (AvgIpc) is 2.67. The number of hydrogen-bond donors (Lipinski definition) is 4. The number of carboxylic acid groups (broad SMARTS) is 1. The van der Waals surface area contributed by atoms with Crippen LogP contribution < -0.4 is 15.7 Å². The van der Waals surface area contributed by atoms with Gasteiger partial charge in [-0.15, -0.1) is 0 Å². The third kappa shape index (κ3) is 4.06. The van der Waals surface area contributed by atoms with Gasteiger partial charge in [0.15, 0.2) is 0 Å². The molecule has 8 nitrogen and oxygen atoms in total. The van der Waals surface area contributed by atoms with E-state index in [1.165, 1.54) is 0 Å². The smallest absolute Gasteiger partial charge is 0.303 e. The lowest BCUT2D eigenvalue weighted by Crippen LogP contribution is -2.47. The van der Waals surface area contributed by atoms with Crippen LogP contribution in [0.25, 0.3) is 0 Å². The number of fused-ring (bicyclic) bond motifs is 1. The first-order chi connectivity index (χ1) is 13.0. The normalized spacial score (nSPS) is 15.7. The molecule has 3 rings (SSSR count). The van der Waals surface area contributed by atoms with Crippen molar-refractivity contribution in [3.63, 3.8) is 0 Å². The number of hydrogen-bond acceptors (Lipinski definition) is 5. The molecule has 8 heteroatoms. The van der Waals surface area contributed by atoms with Crippen molar-refractivity contribution < 1.29 is 24.7 Å². The number of carboxylic acids is 1. The van der Waals surface area contributed by atoms with E-state index in [0.29, 0.717) is 17.8 Å². The predicted octanol–water partition coefficient (Wildman–Crippen LogP) is 2.00. The summed E-state index contributed by atoms with van der Waals surface area (Å²) in [6.45, 7) is 0.371. The number of aliphatic carboxylic acids is 1. The lowest BCUT2D eigenvalue weighted by Gasteiger charge is -2.38. The standard InChI is InChI=1S/C19H19N3O5/c23-17(24)10-9-16-19(26)20-14-3-1-2-4-15(14)22(16)11-12-5-7-13(8-6-12)18(25)21-27/h1-8,16,27H,9-11H2,(H,20,26)(H,21,25)(H,23,24). The van der Waals surface area contributed by atoms with Crippen LogP contribution in [0.1, 0.15) is 28.8 Å². The molecule has 0 aliphatic carbocycles. The Kier molecular flexibility index (Phi) is 5.37. The topological polar surface area (TPSA) is 119 Å². The molecule has 0 bridgehead atoms. The number of nitrogens with zero attached hydrogens (tertiary/aromatic N) is 1. The molecule has 140 valence electrons. The molecule has 0 saturated heterocycles. The lowest BCUT2D eigenvalue weighted by atomic mass is 10.0. The molecule has 2 aromatic carbocycles. The van der Waals surface area contributed by atoms with Crippen LogP contribution in [0.4, 0.5) is 11.4 Å². The third-order valence-electron chi connectivity index (χ3n) is 4.45. The summed E-state index contributed by atoms with van der Waals surface area (Å²) in [7, 11) is 0. The Labute approximate surface area is 155 Å². The summed E-state index contributed by atoms with van der Waals surface area (Å²) in [5, 5.41) is 20.5. The van der Waals surface area contributed by atoms with Gasteiger partial charge in [0, 0.05) is 18.5 Å². The van der Waals surface area contributed by atoms with Crippen LogP contribution in [0.3, 0.4) is 0 Å². The molecule has 1 aliphatic rings. The van der Waals surface area contributed by atoms with Gasteiger partial charge in [-0.05, 0) is 36.2 Å². The number of carbonyl (C=O) groups is 3. The summed E-state index contributed by atoms with van der Waals surface area (Å²) in [5.74, 6) is -1.81. The van der Waals surface area contributed by atoms with E-state index in [1.54, 1.807) is 35.8 Å². The maximum atomic E-state index is 12.5. The molecule has 1 heterocycles. The minimum absolute atomic E-state index is 0.119. The van der Waals surface area contributed by atoms with E-state index in [9.17, 15) is 14.4 Å². The maximum absolute atomic E-state index is 12.5. The van der Waals surface area contributed by atoms with E-state index in [4.69, 9.17) is 10.3 Å². The molecule has 0 saturated carbocycles. The van der Waals surface area contributed by atoms with Gasteiger partial charge >= 0.3 is 5.97 Å². The van der Waals surface area contributed by atoms with Crippen LogP contribution in [-0.4, -0.2) is 34.1 Å². The zero-order valence-corrected chi connectivity index (χ0v) is 14.4. The first-order valence-electron chi connectivity index (χ1n) is 8.41. The highest BCUT2D eigenvalue weighted by Gasteiger charge is 2.32. The molecule has 1 atom stereocenters. The van der Waals surface area contributed by atoms with E-state index in [2.05, 4.69) is 5.32 Å². The first-order valence-corrected chi connectivity index (χ1v) is 8.41. The Hall–Kier alpha value is -3.39. The SMILES string of the molecule is O=C(O)CCC1C(=O)Nc2ccccc2N1Cc1ccc(C(=O)NO)cc1. The molecule has 1 aliphatic heterocycles. The first kappa shape index (κ1) is 18.4. The fourth-order valence-electron chi connectivity index (χ4n) is 3.12. The second-order valence-electron chi connectivity index (χ2n) is 6.22. The van der Waals surface area contributed by atoms with Crippen molar-refractivity contribution in [2.75, 3.05) is 10.2 Å². The highest BCUT2D eigenvalue weighted by Crippen LogP contribution is 2.34. The molecule has 27 heavy (non-hydrogen) atoms. The lowest BCUT2D eigenvalue weighted by molar-refractivity contribution is -0.137.